The van der Waals surface area contributed by atoms with Crippen molar-refractivity contribution in [2.24, 2.45) is 11.7 Å². The average Bonchev–Trinajstić information content (AvgIpc) is 2.42. The second kappa shape index (κ2) is 7.44. The molecule has 0 aliphatic heterocycles. The molecule has 0 aromatic heterocycles. The van der Waals surface area contributed by atoms with E-state index in [0.717, 1.165) is 12.8 Å². The molecule has 2 atom stereocenters. The minimum Gasteiger partial charge on any atom is -0.468 e. The zero-order valence-electron chi connectivity index (χ0n) is 13.3. The van der Waals surface area contributed by atoms with Gasteiger partial charge < -0.3 is 10.5 Å². The standard InChI is InChI=1S/C17H27NO2/c1-11(10-16(18)17(19)20-5)6-9-15-13(3)8-7-12(2)14(15)4/h7-8,11,16H,6,9-10,18H2,1-5H3. The number of aryl methyl sites for hydroxylation is 2. The van der Waals surface area contributed by atoms with Crippen LogP contribution in [0.5, 0.6) is 0 Å². The van der Waals surface area contributed by atoms with Crippen molar-refractivity contribution in [1.82, 2.24) is 0 Å². The first-order valence-corrected chi connectivity index (χ1v) is 7.25. The van der Waals surface area contributed by atoms with Gasteiger partial charge in [-0.05, 0) is 68.2 Å². The summed E-state index contributed by atoms with van der Waals surface area (Å²) in [5.74, 6) is 0.0863. The van der Waals surface area contributed by atoms with Crippen LogP contribution in [0.3, 0.4) is 0 Å². The Balaban J connectivity index is 2.59. The smallest absolute Gasteiger partial charge is 0.322 e. The number of methoxy groups -OCH3 is 1. The molecule has 0 aliphatic rings. The Morgan fingerprint density at radius 1 is 1.25 bits per heavy atom. The van der Waals surface area contributed by atoms with Crippen molar-refractivity contribution in [2.45, 2.75) is 53.0 Å². The van der Waals surface area contributed by atoms with Gasteiger partial charge in [0.15, 0.2) is 0 Å². The van der Waals surface area contributed by atoms with Crippen molar-refractivity contribution in [1.29, 1.82) is 0 Å². The highest BCUT2D eigenvalue weighted by Crippen LogP contribution is 2.22. The summed E-state index contributed by atoms with van der Waals surface area (Å²) < 4.78 is 4.67. The molecule has 0 bridgehead atoms. The number of ether oxygens (including phenoxy) is 1. The highest BCUT2D eigenvalue weighted by molar-refractivity contribution is 5.75. The van der Waals surface area contributed by atoms with Gasteiger partial charge in [-0.1, -0.05) is 19.1 Å². The maximum absolute atomic E-state index is 11.3. The number of nitrogens with two attached hydrogens (primary N) is 1. The van der Waals surface area contributed by atoms with Crippen LogP contribution in [0.15, 0.2) is 12.1 Å². The third-order valence-electron chi connectivity index (χ3n) is 4.15. The van der Waals surface area contributed by atoms with E-state index in [1.165, 1.54) is 29.4 Å². The van der Waals surface area contributed by atoms with Crippen LogP contribution in [0.4, 0.5) is 0 Å². The lowest BCUT2D eigenvalue weighted by Crippen LogP contribution is -2.33. The van der Waals surface area contributed by atoms with Crippen molar-refractivity contribution in [3.63, 3.8) is 0 Å². The molecule has 0 heterocycles. The SMILES string of the molecule is COC(=O)C(N)CC(C)CCc1c(C)ccc(C)c1C. The molecule has 2 unspecified atom stereocenters. The van der Waals surface area contributed by atoms with E-state index >= 15 is 0 Å². The van der Waals surface area contributed by atoms with Gasteiger partial charge in [0.05, 0.1) is 7.11 Å². The molecule has 112 valence electrons. The molecule has 0 aliphatic carbocycles. The van der Waals surface area contributed by atoms with Crippen molar-refractivity contribution in [2.75, 3.05) is 7.11 Å². The zero-order chi connectivity index (χ0) is 15.3. The Morgan fingerprint density at radius 2 is 1.85 bits per heavy atom. The molecule has 0 amide bonds. The van der Waals surface area contributed by atoms with E-state index in [1.54, 1.807) is 0 Å². The fourth-order valence-corrected chi connectivity index (χ4v) is 2.58. The van der Waals surface area contributed by atoms with Gasteiger partial charge in [0.2, 0.25) is 0 Å². The summed E-state index contributed by atoms with van der Waals surface area (Å²) in [5.41, 5.74) is 11.3. The van der Waals surface area contributed by atoms with E-state index in [0.29, 0.717) is 12.3 Å². The third kappa shape index (κ3) is 4.34. The highest BCUT2D eigenvalue weighted by Gasteiger charge is 2.17. The maximum atomic E-state index is 11.3. The van der Waals surface area contributed by atoms with E-state index in [-0.39, 0.29) is 5.97 Å². The van der Waals surface area contributed by atoms with Gasteiger partial charge in [0.25, 0.3) is 0 Å². The predicted molar refractivity (Wildman–Crippen MR) is 82.7 cm³/mol. The monoisotopic (exact) mass is 277 g/mol. The Hall–Kier alpha value is -1.35. The number of esters is 1. The van der Waals surface area contributed by atoms with E-state index in [2.05, 4.69) is 44.6 Å². The van der Waals surface area contributed by atoms with Crippen LogP contribution in [0.25, 0.3) is 0 Å². The summed E-state index contributed by atoms with van der Waals surface area (Å²) in [6.45, 7) is 8.63. The molecule has 3 heteroatoms. The van der Waals surface area contributed by atoms with Crippen LogP contribution in [0.2, 0.25) is 0 Å². The average molecular weight is 277 g/mol. The van der Waals surface area contributed by atoms with Crippen LogP contribution < -0.4 is 5.73 Å². The second-order valence-corrected chi connectivity index (χ2v) is 5.81. The molecule has 3 nitrogen and oxygen atoms in total. The lowest BCUT2D eigenvalue weighted by Gasteiger charge is -2.17. The minimum atomic E-state index is -0.505. The van der Waals surface area contributed by atoms with Crippen molar-refractivity contribution >= 4 is 5.97 Å². The molecule has 0 fully saturated rings. The molecule has 0 radical (unpaired) electrons. The van der Waals surface area contributed by atoms with Crippen LogP contribution in [0.1, 0.15) is 42.0 Å². The lowest BCUT2D eigenvalue weighted by atomic mass is 9.90. The van der Waals surface area contributed by atoms with Crippen LogP contribution >= 0.6 is 0 Å². The van der Waals surface area contributed by atoms with Crippen molar-refractivity contribution < 1.29 is 9.53 Å². The quantitative estimate of drug-likeness (QED) is 0.813. The number of rotatable bonds is 6. The van der Waals surface area contributed by atoms with Gasteiger partial charge >= 0.3 is 5.97 Å². The first kappa shape index (κ1) is 16.7. The Labute approximate surface area is 122 Å². The molecule has 0 saturated heterocycles. The van der Waals surface area contributed by atoms with E-state index in [4.69, 9.17) is 5.73 Å². The van der Waals surface area contributed by atoms with E-state index < -0.39 is 6.04 Å². The Morgan fingerprint density at radius 3 is 2.45 bits per heavy atom. The van der Waals surface area contributed by atoms with Gasteiger partial charge in [-0.15, -0.1) is 0 Å². The van der Waals surface area contributed by atoms with Gasteiger partial charge in [0, 0.05) is 0 Å². The predicted octanol–water partition coefficient (Wildman–Crippen LogP) is 3.07. The fourth-order valence-electron chi connectivity index (χ4n) is 2.58. The maximum Gasteiger partial charge on any atom is 0.322 e. The van der Waals surface area contributed by atoms with E-state index in [1.807, 2.05) is 0 Å². The van der Waals surface area contributed by atoms with Gasteiger partial charge in [-0.3, -0.25) is 4.79 Å². The fraction of sp³-hybridized carbons (Fsp3) is 0.588. The normalized spacial score (nSPS) is 13.9. The van der Waals surface area contributed by atoms with Crippen LogP contribution in [-0.2, 0) is 16.0 Å². The Bertz CT molecular complexity index is 468. The Kier molecular flexibility index (Phi) is 6.21. The van der Waals surface area contributed by atoms with Crippen LogP contribution in [-0.4, -0.2) is 19.1 Å². The van der Waals surface area contributed by atoms with Gasteiger partial charge in [0.1, 0.15) is 6.04 Å². The van der Waals surface area contributed by atoms with Crippen molar-refractivity contribution in [3.05, 3.63) is 34.4 Å². The molecule has 20 heavy (non-hydrogen) atoms. The summed E-state index contributed by atoms with van der Waals surface area (Å²) in [6.07, 6.45) is 2.75. The van der Waals surface area contributed by atoms with E-state index in [9.17, 15) is 4.79 Å². The molecule has 0 spiro atoms. The van der Waals surface area contributed by atoms with Gasteiger partial charge in [-0.2, -0.15) is 0 Å². The molecule has 2 N–H and O–H groups in total. The number of benzene rings is 1. The molecule has 0 saturated carbocycles. The molecule has 1 rings (SSSR count). The highest BCUT2D eigenvalue weighted by atomic mass is 16.5. The van der Waals surface area contributed by atoms with Crippen molar-refractivity contribution in [3.8, 4) is 0 Å². The number of hydrogen-bond donors (Lipinski definition) is 1. The number of hydrogen-bond acceptors (Lipinski definition) is 3. The summed E-state index contributed by atoms with van der Waals surface area (Å²) in [4.78, 5) is 11.3. The lowest BCUT2D eigenvalue weighted by molar-refractivity contribution is -0.142. The first-order valence-electron chi connectivity index (χ1n) is 7.25. The molecular formula is C17H27NO2. The second-order valence-electron chi connectivity index (χ2n) is 5.81. The molecule has 1 aromatic carbocycles. The molecular weight excluding hydrogens is 250 g/mol. The van der Waals surface area contributed by atoms with Gasteiger partial charge in [-0.25, -0.2) is 0 Å². The first-order chi connectivity index (χ1) is 9.36. The summed E-state index contributed by atoms with van der Waals surface area (Å²) in [7, 11) is 1.38. The third-order valence-corrected chi connectivity index (χ3v) is 4.15. The summed E-state index contributed by atoms with van der Waals surface area (Å²) >= 11 is 0. The molecule has 1 aromatic rings. The number of carbonyl (C=O) groups excluding carboxylic acids is 1. The largest absolute Gasteiger partial charge is 0.468 e. The topological polar surface area (TPSA) is 52.3 Å². The summed E-state index contributed by atoms with van der Waals surface area (Å²) in [6, 6.07) is 3.85. The number of carbonyl (C=O) groups is 1. The summed E-state index contributed by atoms with van der Waals surface area (Å²) in [5, 5.41) is 0. The zero-order valence-corrected chi connectivity index (χ0v) is 13.3. The van der Waals surface area contributed by atoms with Crippen LogP contribution in [0, 0.1) is 26.7 Å². The minimum absolute atomic E-state index is 0.320.